The zero-order valence-electron chi connectivity index (χ0n) is 19.5. The lowest BCUT2D eigenvalue weighted by Crippen LogP contribution is -2.36. The van der Waals surface area contributed by atoms with Gasteiger partial charge in [0.15, 0.2) is 0 Å². The second kappa shape index (κ2) is 11.3. The van der Waals surface area contributed by atoms with Crippen molar-refractivity contribution in [1.29, 1.82) is 0 Å². The van der Waals surface area contributed by atoms with Crippen molar-refractivity contribution in [3.63, 3.8) is 0 Å². The summed E-state index contributed by atoms with van der Waals surface area (Å²) >= 11 is 0. The Labute approximate surface area is 198 Å². The Morgan fingerprint density at radius 2 is 1.65 bits per heavy atom. The van der Waals surface area contributed by atoms with Crippen LogP contribution in [0.2, 0.25) is 0 Å². The number of hydrogen-bond acceptors (Lipinski definition) is 6. The number of ether oxygens (including phenoxy) is 2. The van der Waals surface area contributed by atoms with Crippen LogP contribution in [0.15, 0.2) is 47.6 Å². The number of carboxylic acid groups (broad SMARTS) is 1. The van der Waals surface area contributed by atoms with Crippen LogP contribution >= 0.6 is 0 Å². The Kier molecular flexibility index (Phi) is 8.24. The second-order valence-electron chi connectivity index (χ2n) is 8.11. The fourth-order valence-corrected chi connectivity index (χ4v) is 4.02. The second-order valence-corrected chi connectivity index (χ2v) is 8.11. The fourth-order valence-electron chi connectivity index (χ4n) is 4.02. The van der Waals surface area contributed by atoms with E-state index in [1.165, 1.54) is 14.2 Å². The van der Waals surface area contributed by atoms with Gasteiger partial charge in [-0.1, -0.05) is 25.0 Å². The van der Waals surface area contributed by atoms with Gasteiger partial charge < -0.3 is 19.9 Å². The number of carboxylic acids is 1. The molecule has 2 amide bonds. The number of anilines is 1. The van der Waals surface area contributed by atoms with E-state index >= 15 is 0 Å². The van der Waals surface area contributed by atoms with E-state index < -0.39 is 23.7 Å². The first kappa shape index (κ1) is 24.8. The SMILES string of the molecule is COc1ccc(OC)c(C(=O)N/N=C(/C)c2ccc(NC(=O)[C@H]3CCCC[C@@H]3C(=O)O)cc2)c1. The lowest BCUT2D eigenvalue weighted by molar-refractivity contribution is -0.147. The summed E-state index contributed by atoms with van der Waals surface area (Å²) < 4.78 is 10.4. The molecule has 2 atom stereocenters. The Bertz CT molecular complexity index is 1080. The maximum Gasteiger partial charge on any atom is 0.307 e. The van der Waals surface area contributed by atoms with Gasteiger partial charge in [-0.25, -0.2) is 5.43 Å². The van der Waals surface area contributed by atoms with E-state index in [0.29, 0.717) is 41.3 Å². The van der Waals surface area contributed by atoms with Gasteiger partial charge in [-0.2, -0.15) is 5.10 Å². The number of carbonyl (C=O) groups is 3. The maximum atomic E-state index is 12.6. The van der Waals surface area contributed by atoms with Crippen molar-refractivity contribution in [2.24, 2.45) is 16.9 Å². The number of hydrogen-bond donors (Lipinski definition) is 3. The highest BCUT2D eigenvalue weighted by Crippen LogP contribution is 2.31. The molecule has 0 aromatic heterocycles. The van der Waals surface area contributed by atoms with Crippen LogP contribution in [0.25, 0.3) is 0 Å². The number of methoxy groups -OCH3 is 2. The quantitative estimate of drug-likeness (QED) is 0.402. The number of amides is 2. The van der Waals surface area contributed by atoms with E-state index in [0.717, 1.165) is 18.4 Å². The van der Waals surface area contributed by atoms with Crippen LogP contribution in [0.3, 0.4) is 0 Å². The third-order valence-corrected chi connectivity index (χ3v) is 5.97. The molecule has 2 aromatic carbocycles. The number of carbonyl (C=O) groups excluding carboxylic acids is 2. The topological polar surface area (TPSA) is 126 Å². The minimum Gasteiger partial charge on any atom is -0.497 e. The molecular weight excluding hydrogens is 438 g/mol. The van der Waals surface area contributed by atoms with Gasteiger partial charge in [-0.15, -0.1) is 0 Å². The van der Waals surface area contributed by atoms with Crippen LogP contribution in [0.4, 0.5) is 5.69 Å². The highest BCUT2D eigenvalue weighted by atomic mass is 16.5. The summed E-state index contributed by atoms with van der Waals surface area (Å²) in [7, 11) is 2.99. The molecule has 9 nitrogen and oxygen atoms in total. The summed E-state index contributed by atoms with van der Waals surface area (Å²) in [5.74, 6) is -1.89. The van der Waals surface area contributed by atoms with Crippen molar-refractivity contribution < 1.29 is 29.0 Å². The Morgan fingerprint density at radius 3 is 2.26 bits per heavy atom. The first-order chi connectivity index (χ1) is 16.3. The van der Waals surface area contributed by atoms with Gasteiger partial charge >= 0.3 is 5.97 Å². The molecule has 0 aliphatic heterocycles. The largest absolute Gasteiger partial charge is 0.497 e. The van der Waals surface area contributed by atoms with Crippen molar-refractivity contribution in [2.75, 3.05) is 19.5 Å². The van der Waals surface area contributed by atoms with Gasteiger partial charge in [0.05, 0.1) is 37.3 Å². The molecule has 180 valence electrons. The van der Waals surface area contributed by atoms with Crippen LogP contribution in [-0.4, -0.2) is 42.8 Å². The molecule has 2 aromatic rings. The van der Waals surface area contributed by atoms with E-state index in [1.807, 2.05) is 0 Å². The molecule has 1 saturated carbocycles. The van der Waals surface area contributed by atoms with Crippen LogP contribution in [-0.2, 0) is 9.59 Å². The number of nitrogens with zero attached hydrogens (tertiary/aromatic N) is 1. The van der Waals surface area contributed by atoms with Gasteiger partial charge in [-0.3, -0.25) is 14.4 Å². The predicted molar refractivity (Wildman–Crippen MR) is 127 cm³/mol. The summed E-state index contributed by atoms with van der Waals surface area (Å²) in [5.41, 5.74) is 4.69. The molecular formula is C25H29N3O6. The van der Waals surface area contributed by atoms with Crippen molar-refractivity contribution in [3.05, 3.63) is 53.6 Å². The molecule has 9 heteroatoms. The lowest BCUT2D eigenvalue weighted by atomic mass is 9.78. The molecule has 0 bridgehead atoms. The number of nitrogens with one attached hydrogen (secondary N) is 2. The lowest BCUT2D eigenvalue weighted by Gasteiger charge is -2.27. The maximum absolute atomic E-state index is 12.6. The van der Waals surface area contributed by atoms with E-state index in [-0.39, 0.29) is 5.91 Å². The fraction of sp³-hybridized carbons (Fsp3) is 0.360. The van der Waals surface area contributed by atoms with Crippen molar-refractivity contribution >= 4 is 29.2 Å². The summed E-state index contributed by atoms with van der Waals surface area (Å²) in [5, 5.41) is 16.4. The van der Waals surface area contributed by atoms with Crippen LogP contribution in [0.1, 0.15) is 48.5 Å². The number of benzene rings is 2. The van der Waals surface area contributed by atoms with Gasteiger partial charge in [0, 0.05) is 5.69 Å². The van der Waals surface area contributed by atoms with Gasteiger partial charge in [0.1, 0.15) is 11.5 Å². The van der Waals surface area contributed by atoms with E-state index in [4.69, 9.17) is 9.47 Å². The van der Waals surface area contributed by atoms with E-state index in [2.05, 4.69) is 15.8 Å². The highest BCUT2D eigenvalue weighted by Gasteiger charge is 2.35. The number of rotatable bonds is 8. The average molecular weight is 468 g/mol. The minimum absolute atomic E-state index is 0.273. The zero-order chi connectivity index (χ0) is 24.7. The highest BCUT2D eigenvalue weighted by molar-refractivity contribution is 6.02. The predicted octanol–water partition coefficient (Wildman–Crippen LogP) is 3.69. The summed E-state index contributed by atoms with van der Waals surface area (Å²) in [6.07, 6.45) is 2.78. The standard InChI is InChI=1S/C25H29N3O6/c1-15(27-28-24(30)21-14-18(33-2)12-13-22(21)34-3)16-8-10-17(11-9-16)26-23(29)19-6-4-5-7-20(19)25(31)32/h8-14,19-20H,4-7H2,1-3H3,(H,26,29)(H,28,30)(H,31,32)/b27-15-/t19-,20-/m0/s1. The third kappa shape index (κ3) is 5.92. The number of hydrazone groups is 1. The Hall–Kier alpha value is -3.88. The molecule has 34 heavy (non-hydrogen) atoms. The van der Waals surface area contributed by atoms with E-state index in [9.17, 15) is 19.5 Å². The zero-order valence-corrected chi connectivity index (χ0v) is 19.5. The van der Waals surface area contributed by atoms with Crippen LogP contribution in [0.5, 0.6) is 11.5 Å². The Balaban J connectivity index is 1.64. The summed E-state index contributed by atoms with van der Waals surface area (Å²) in [4.78, 5) is 36.7. The molecule has 0 saturated heterocycles. The number of aliphatic carboxylic acids is 1. The molecule has 0 radical (unpaired) electrons. The average Bonchev–Trinajstić information content (AvgIpc) is 2.86. The summed E-state index contributed by atoms with van der Waals surface area (Å²) in [6, 6.07) is 11.9. The van der Waals surface area contributed by atoms with Gasteiger partial charge in [0.25, 0.3) is 5.91 Å². The van der Waals surface area contributed by atoms with E-state index in [1.54, 1.807) is 49.4 Å². The Morgan fingerprint density at radius 1 is 0.971 bits per heavy atom. The monoisotopic (exact) mass is 467 g/mol. The molecule has 3 N–H and O–H groups in total. The van der Waals surface area contributed by atoms with Crippen molar-refractivity contribution in [3.8, 4) is 11.5 Å². The van der Waals surface area contributed by atoms with Crippen LogP contribution < -0.4 is 20.2 Å². The van der Waals surface area contributed by atoms with Gasteiger partial charge in [-0.05, 0) is 55.7 Å². The molecule has 1 fully saturated rings. The molecule has 1 aliphatic carbocycles. The van der Waals surface area contributed by atoms with Crippen LogP contribution in [0, 0.1) is 11.8 Å². The normalized spacial score (nSPS) is 18.0. The third-order valence-electron chi connectivity index (χ3n) is 5.97. The first-order valence-corrected chi connectivity index (χ1v) is 11.0. The molecule has 3 rings (SSSR count). The molecule has 0 spiro atoms. The molecule has 1 aliphatic rings. The smallest absolute Gasteiger partial charge is 0.307 e. The minimum atomic E-state index is -0.921. The van der Waals surface area contributed by atoms with Crippen molar-refractivity contribution in [1.82, 2.24) is 5.43 Å². The summed E-state index contributed by atoms with van der Waals surface area (Å²) in [6.45, 7) is 1.75. The first-order valence-electron chi connectivity index (χ1n) is 11.0. The van der Waals surface area contributed by atoms with Gasteiger partial charge in [0.2, 0.25) is 5.91 Å². The molecule has 0 heterocycles. The van der Waals surface area contributed by atoms with Crippen molar-refractivity contribution in [2.45, 2.75) is 32.6 Å². The molecule has 0 unspecified atom stereocenters.